The van der Waals surface area contributed by atoms with Crippen LogP contribution in [-0.4, -0.2) is 8.42 Å². The number of sulfonamides is 1. The Kier molecular flexibility index (Phi) is 6.76. The van der Waals surface area contributed by atoms with Gasteiger partial charge in [-0.15, -0.1) is 0 Å². The molecule has 0 radical (unpaired) electrons. The molecule has 6 nitrogen and oxygen atoms in total. The molecule has 148 valence electrons. The number of H-pyrrole nitrogens is 1. The lowest BCUT2D eigenvalue weighted by Gasteiger charge is -2.09. The number of anilines is 3. The van der Waals surface area contributed by atoms with Gasteiger partial charge >= 0.3 is 0 Å². The zero-order valence-electron chi connectivity index (χ0n) is 14.4. The number of nitrogens with two attached hydrogens (primary N) is 1. The van der Waals surface area contributed by atoms with Gasteiger partial charge in [0.05, 0.1) is 11.4 Å². The lowest BCUT2D eigenvalue weighted by molar-refractivity contribution is -0.342. The largest absolute Gasteiger partial charge is 1.00 e. The van der Waals surface area contributed by atoms with Crippen molar-refractivity contribution in [2.75, 3.05) is 15.8 Å². The molecule has 0 spiro atoms. The van der Waals surface area contributed by atoms with Gasteiger partial charge in [-0.25, -0.2) is 22.2 Å². The van der Waals surface area contributed by atoms with Crippen molar-refractivity contribution in [3.8, 4) is 0 Å². The van der Waals surface area contributed by atoms with E-state index in [-0.39, 0.29) is 34.6 Å². The molecule has 3 rings (SSSR count). The standard InChI is InChI=1S/C18H16F2N4O2S.ClH/c19-13-3-1-12(2-4-13)11-22-17-10-9-16(18(21)23-17)24-27(25,26)15-7-5-14(20)6-8-15;/h1-10,24H,11H2,(H3,21,22,23);1H. The molecule has 2 aromatic carbocycles. The second-order valence-electron chi connectivity index (χ2n) is 5.74. The molecule has 0 atom stereocenters. The summed E-state index contributed by atoms with van der Waals surface area (Å²) in [7, 11) is -3.90. The molecule has 0 aliphatic rings. The maximum atomic E-state index is 13.0. The summed E-state index contributed by atoms with van der Waals surface area (Å²) in [5.41, 5.74) is 6.91. The van der Waals surface area contributed by atoms with Gasteiger partial charge in [-0.05, 0) is 48.0 Å². The summed E-state index contributed by atoms with van der Waals surface area (Å²) in [4.78, 5) is 2.76. The van der Waals surface area contributed by atoms with E-state index in [9.17, 15) is 17.2 Å². The van der Waals surface area contributed by atoms with Gasteiger partial charge in [0.2, 0.25) is 11.6 Å². The Morgan fingerprint density at radius 1 is 0.893 bits per heavy atom. The third-order valence-corrected chi connectivity index (χ3v) is 5.12. The van der Waals surface area contributed by atoms with E-state index >= 15 is 0 Å². The van der Waals surface area contributed by atoms with Crippen LogP contribution in [0.1, 0.15) is 5.56 Å². The predicted molar refractivity (Wildman–Crippen MR) is 98.3 cm³/mol. The second kappa shape index (κ2) is 8.85. The van der Waals surface area contributed by atoms with E-state index in [0.29, 0.717) is 12.4 Å². The minimum atomic E-state index is -3.90. The van der Waals surface area contributed by atoms with Gasteiger partial charge in [0.15, 0.2) is 0 Å². The molecule has 3 aromatic rings. The monoisotopic (exact) mass is 426 g/mol. The van der Waals surface area contributed by atoms with Crippen LogP contribution in [0.15, 0.2) is 65.6 Å². The summed E-state index contributed by atoms with van der Waals surface area (Å²) >= 11 is 0. The van der Waals surface area contributed by atoms with Crippen LogP contribution in [0, 0.1) is 11.6 Å². The van der Waals surface area contributed by atoms with Gasteiger partial charge in [-0.2, -0.15) is 0 Å². The maximum absolute atomic E-state index is 13.0. The van der Waals surface area contributed by atoms with Crippen LogP contribution in [0.4, 0.5) is 26.1 Å². The lowest BCUT2D eigenvalue weighted by atomic mass is 10.2. The number of nitrogen functional groups attached to an aromatic ring is 1. The molecule has 5 N–H and O–H groups in total. The summed E-state index contributed by atoms with van der Waals surface area (Å²) in [6.45, 7) is 0.427. The Hall–Kier alpha value is -2.91. The van der Waals surface area contributed by atoms with Crippen molar-refractivity contribution in [1.82, 2.24) is 0 Å². The quantitative estimate of drug-likeness (QED) is 0.507. The number of halogens is 3. The third kappa shape index (κ3) is 5.30. The van der Waals surface area contributed by atoms with E-state index in [4.69, 9.17) is 5.73 Å². The van der Waals surface area contributed by atoms with Crippen LogP contribution in [0.25, 0.3) is 0 Å². The van der Waals surface area contributed by atoms with E-state index in [1.165, 1.54) is 18.2 Å². The van der Waals surface area contributed by atoms with Crippen molar-refractivity contribution in [2.45, 2.75) is 11.4 Å². The summed E-state index contributed by atoms with van der Waals surface area (Å²) < 4.78 is 52.9. The zero-order valence-corrected chi connectivity index (χ0v) is 16.0. The fourth-order valence-corrected chi connectivity index (χ4v) is 3.40. The Balaban J connectivity index is 0.00000280. The molecular formula is C18H17ClF2N4O2S. The van der Waals surface area contributed by atoms with Crippen LogP contribution >= 0.6 is 0 Å². The second-order valence-corrected chi connectivity index (χ2v) is 7.42. The number of rotatable bonds is 6. The van der Waals surface area contributed by atoms with Crippen LogP contribution < -0.4 is 33.2 Å². The molecule has 1 aromatic heterocycles. The van der Waals surface area contributed by atoms with Gasteiger partial charge in [0.25, 0.3) is 10.0 Å². The van der Waals surface area contributed by atoms with Crippen molar-refractivity contribution in [3.63, 3.8) is 0 Å². The Morgan fingerprint density at radius 2 is 1.46 bits per heavy atom. The molecule has 0 aliphatic carbocycles. The first-order chi connectivity index (χ1) is 12.8. The third-order valence-electron chi connectivity index (χ3n) is 3.74. The van der Waals surface area contributed by atoms with Crippen LogP contribution in [0.5, 0.6) is 0 Å². The van der Waals surface area contributed by atoms with Gasteiger partial charge in [0, 0.05) is 6.07 Å². The first-order valence-electron chi connectivity index (χ1n) is 7.92. The molecule has 1 heterocycles. The number of aromatic amines is 1. The van der Waals surface area contributed by atoms with Crippen molar-refractivity contribution in [1.29, 1.82) is 0 Å². The highest BCUT2D eigenvalue weighted by Gasteiger charge is 2.17. The number of nitrogens with one attached hydrogen (secondary N) is 3. The minimum absolute atomic E-state index is 0. The van der Waals surface area contributed by atoms with Crippen molar-refractivity contribution in [3.05, 3.63) is 77.9 Å². The fraction of sp³-hybridized carbons (Fsp3) is 0.0556. The predicted octanol–water partition coefficient (Wildman–Crippen LogP) is -0.222. The van der Waals surface area contributed by atoms with Crippen molar-refractivity contribution < 1.29 is 34.6 Å². The molecule has 0 saturated carbocycles. The van der Waals surface area contributed by atoms with Gasteiger partial charge < -0.3 is 23.5 Å². The zero-order chi connectivity index (χ0) is 19.4. The van der Waals surface area contributed by atoms with E-state index in [2.05, 4.69) is 15.0 Å². The molecule has 0 bridgehead atoms. The first-order valence-corrected chi connectivity index (χ1v) is 9.40. The summed E-state index contributed by atoms with van der Waals surface area (Å²) in [5, 5.41) is 3.07. The molecule has 10 heteroatoms. The lowest BCUT2D eigenvalue weighted by Crippen LogP contribution is -3.00. The highest BCUT2D eigenvalue weighted by Crippen LogP contribution is 2.20. The average molecular weight is 427 g/mol. The SMILES string of the molecule is Nc1[nH+]c(NCc2ccc(F)cc2)ccc1NS(=O)(=O)c1ccc(F)cc1.[Cl-]. The van der Waals surface area contributed by atoms with Gasteiger partial charge in [0.1, 0.15) is 17.3 Å². The molecule has 0 fully saturated rings. The molecule has 0 unspecified atom stereocenters. The Labute approximate surface area is 167 Å². The van der Waals surface area contributed by atoms with E-state index < -0.39 is 15.8 Å². The van der Waals surface area contributed by atoms with E-state index in [0.717, 1.165) is 29.8 Å². The fourth-order valence-electron chi connectivity index (χ4n) is 2.32. The van der Waals surface area contributed by atoms with Crippen LogP contribution in [0.3, 0.4) is 0 Å². The normalized spacial score (nSPS) is 10.8. The highest BCUT2D eigenvalue weighted by atomic mass is 35.5. The number of aromatic nitrogens is 1. The first kappa shape index (κ1) is 21.4. The molecule has 0 amide bonds. The number of hydrogen-bond donors (Lipinski definition) is 3. The number of hydrogen-bond acceptors (Lipinski definition) is 4. The maximum Gasteiger partial charge on any atom is 0.262 e. The Bertz CT molecular complexity index is 1050. The molecular weight excluding hydrogens is 410 g/mol. The molecule has 0 aliphatic heterocycles. The van der Waals surface area contributed by atoms with Gasteiger partial charge in [-0.1, -0.05) is 12.1 Å². The smallest absolute Gasteiger partial charge is 0.262 e. The summed E-state index contributed by atoms with van der Waals surface area (Å²) in [6.07, 6.45) is 0. The van der Waals surface area contributed by atoms with Crippen LogP contribution in [0.2, 0.25) is 0 Å². The van der Waals surface area contributed by atoms with Gasteiger partial charge in [-0.3, -0.25) is 4.72 Å². The van der Waals surface area contributed by atoms with E-state index in [1.807, 2.05) is 0 Å². The molecule has 0 saturated heterocycles. The highest BCUT2D eigenvalue weighted by molar-refractivity contribution is 7.92. The number of pyridine rings is 1. The van der Waals surface area contributed by atoms with E-state index in [1.54, 1.807) is 18.2 Å². The van der Waals surface area contributed by atoms with Crippen LogP contribution in [-0.2, 0) is 16.6 Å². The Morgan fingerprint density at radius 3 is 2.04 bits per heavy atom. The van der Waals surface area contributed by atoms with Crippen molar-refractivity contribution >= 4 is 27.3 Å². The van der Waals surface area contributed by atoms with Crippen molar-refractivity contribution in [2.24, 2.45) is 0 Å². The summed E-state index contributed by atoms with van der Waals surface area (Å²) in [6, 6.07) is 13.6. The number of benzene rings is 2. The minimum Gasteiger partial charge on any atom is -1.00 e. The summed E-state index contributed by atoms with van der Waals surface area (Å²) in [5.74, 6) is -0.183. The molecule has 28 heavy (non-hydrogen) atoms. The topological polar surface area (TPSA) is 98.4 Å². The average Bonchev–Trinajstić information content (AvgIpc) is 2.63.